The standard InChI is InChI=1S/C21H19NO5/c1-24-16-10-13(11-17(25-2)20(16)26-3)19-15-9-8-12-6-4-5-7-14(12)18(15)22-21(23)27-19/h4-11,19H,1-3H3,(H,22,23)/t19-/m1/s1. The molecular weight excluding hydrogens is 346 g/mol. The Kier molecular flexibility index (Phi) is 4.24. The minimum atomic E-state index is -0.591. The van der Waals surface area contributed by atoms with Crippen molar-refractivity contribution < 1.29 is 23.7 Å². The highest BCUT2D eigenvalue weighted by Gasteiger charge is 2.30. The molecule has 3 aromatic rings. The van der Waals surface area contributed by atoms with Crippen LogP contribution in [0.4, 0.5) is 10.5 Å². The quantitative estimate of drug-likeness (QED) is 0.736. The summed E-state index contributed by atoms with van der Waals surface area (Å²) in [5.41, 5.74) is 2.35. The van der Waals surface area contributed by atoms with Gasteiger partial charge in [-0.1, -0.05) is 36.4 Å². The molecule has 27 heavy (non-hydrogen) atoms. The van der Waals surface area contributed by atoms with Gasteiger partial charge < -0.3 is 18.9 Å². The summed E-state index contributed by atoms with van der Waals surface area (Å²) in [5, 5.41) is 4.84. The highest BCUT2D eigenvalue weighted by Crippen LogP contribution is 2.45. The number of fused-ring (bicyclic) bond motifs is 3. The number of hydrogen-bond acceptors (Lipinski definition) is 5. The molecule has 0 aliphatic carbocycles. The summed E-state index contributed by atoms with van der Waals surface area (Å²) in [6, 6.07) is 15.5. The SMILES string of the molecule is COc1cc([C@H]2OC(=O)Nc3c2ccc2ccccc32)cc(OC)c1OC. The first-order valence-corrected chi connectivity index (χ1v) is 8.45. The van der Waals surface area contributed by atoms with Crippen LogP contribution in [-0.2, 0) is 4.74 Å². The third-order valence-electron chi connectivity index (χ3n) is 4.69. The smallest absolute Gasteiger partial charge is 0.412 e. The van der Waals surface area contributed by atoms with Gasteiger partial charge in [-0.15, -0.1) is 0 Å². The average Bonchev–Trinajstić information content (AvgIpc) is 2.71. The Bertz CT molecular complexity index is 1010. The molecule has 0 saturated heterocycles. The Labute approximate surface area is 156 Å². The van der Waals surface area contributed by atoms with Gasteiger partial charge in [0.2, 0.25) is 5.75 Å². The van der Waals surface area contributed by atoms with Gasteiger partial charge in [0, 0.05) is 16.5 Å². The van der Waals surface area contributed by atoms with Gasteiger partial charge >= 0.3 is 6.09 Å². The predicted octanol–water partition coefficient (Wildman–Crippen LogP) is 4.52. The van der Waals surface area contributed by atoms with Crippen LogP contribution >= 0.6 is 0 Å². The molecule has 0 radical (unpaired) electrons. The van der Waals surface area contributed by atoms with Crippen molar-refractivity contribution in [2.45, 2.75) is 6.10 Å². The normalized spacial score (nSPS) is 15.5. The molecule has 6 heteroatoms. The Morgan fingerprint density at radius 1 is 0.926 bits per heavy atom. The number of cyclic esters (lactones) is 1. The second-order valence-electron chi connectivity index (χ2n) is 6.12. The van der Waals surface area contributed by atoms with E-state index in [2.05, 4.69) is 5.32 Å². The molecule has 0 saturated carbocycles. The molecule has 3 aromatic carbocycles. The van der Waals surface area contributed by atoms with E-state index >= 15 is 0 Å². The Morgan fingerprint density at radius 2 is 1.63 bits per heavy atom. The van der Waals surface area contributed by atoms with Gasteiger partial charge in [0.1, 0.15) is 0 Å². The number of anilines is 1. The molecular formula is C21H19NO5. The highest BCUT2D eigenvalue weighted by molar-refractivity contribution is 6.03. The number of carbonyl (C=O) groups excluding carboxylic acids is 1. The van der Waals surface area contributed by atoms with E-state index in [1.807, 2.05) is 36.4 Å². The second-order valence-corrected chi connectivity index (χ2v) is 6.12. The molecule has 0 bridgehead atoms. The average molecular weight is 365 g/mol. The minimum absolute atomic E-state index is 0.489. The summed E-state index contributed by atoms with van der Waals surface area (Å²) in [5.74, 6) is 1.50. The van der Waals surface area contributed by atoms with E-state index in [1.54, 1.807) is 33.5 Å². The monoisotopic (exact) mass is 365 g/mol. The van der Waals surface area contributed by atoms with Crippen molar-refractivity contribution in [1.82, 2.24) is 0 Å². The molecule has 6 nitrogen and oxygen atoms in total. The van der Waals surface area contributed by atoms with Gasteiger partial charge in [-0.3, -0.25) is 5.32 Å². The van der Waals surface area contributed by atoms with Crippen LogP contribution in [-0.4, -0.2) is 27.4 Å². The maximum atomic E-state index is 12.3. The lowest BCUT2D eigenvalue weighted by atomic mass is 9.94. The second kappa shape index (κ2) is 6.72. The summed E-state index contributed by atoms with van der Waals surface area (Å²) in [6.45, 7) is 0. The zero-order valence-electron chi connectivity index (χ0n) is 15.2. The molecule has 1 aliphatic rings. The van der Waals surface area contributed by atoms with Crippen molar-refractivity contribution in [3.05, 3.63) is 59.7 Å². The van der Waals surface area contributed by atoms with E-state index in [-0.39, 0.29) is 0 Å². The summed E-state index contributed by atoms with van der Waals surface area (Å²) in [6.07, 6.45) is -1.09. The number of carbonyl (C=O) groups is 1. The predicted molar refractivity (Wildman–Crippen MR) is 102 cm³/mol. The molecule has 4 rings (SSSR count). The van der Waals surface area contributed by atoms with E-state index in [0.29, 0.717) is 17.2 Å². The fraction of sp³-hybridized carbons (Fsp3) is 0.190. The fourth-order valence-corrected chi connectivity index (χ4v) is 3.45. The molecule has 1 aliphatic heterocycles. The maximum absolute atomic E-state index is 12.3. The van der Waals surface area contributed by atoms with Crippen molar-refractivity contribution in [3.63, 3.8) is 0 Å². The Balaban J connectivity index is 1.91. The summed E-state index contributed by atoms with van der Waals surface area (Å²) in [7, 11) is 4.65. The van der Waals surface area contributed by atoms with E-state index in [4.69, 9.17) is 18.9 Å². The van der Waals surface area contributed by atoms with Crippen LogP contribution in [0.1, 0.15) is 17.2 Å². The third kappa shape index (κ3) is 2.79. The lowest BCUT2D eigenvalue weighted by Crippen LogP contribution is -2.25. The van der Waals surface area contributed by atoms with Crippen molar-refractivity contribution in [3.8, 4) is 17.2 Å². The fourth-order valence-electron chi connectivity index (χ4n) is 3.45. The van der Waals surface area contributed by atoms with Gasteiger partial charge in [-0.2, -0.15) is 0 Å². The topological polar surface area (TPSA) is 66.0 Å². The van der Waals surface area contributed by atoms with E-state index in [0.717, 1.165) is 27.6 Å². The van der Waals surface area contributed by atoms with E-state index in [9.17, 15) is 4.79 Å². The maximum Gasteiger partial charge on any atom is 0.412 e. The number of benzene rings is 3. The molecule has 1 heterocycles. The molecule has 0 fully saturated rings. The van der Waals surface area contributed by atoms with Gasteiger partial charge in [0.05, 0.1) is 27.0 Å². The number of nitrogens with one attached hydrogen (secondary N) is 1. The highest BCUT2D eigenvalue weighted by atomic mass is 16.6. The Hall–Kier alpha value is -3.41. The van der Waals surface area contributed by atoms with Crippen LogP contribution in [0, 0.1) is 0 Å². The summed E-state index contributed by atoms with van der Waals surface area (Å²) >= 11 is 0. The lowest BCUT2D eigenvalue weighted by Gasteiger charge is -2.28. The molecule has 0 spiro atoms. The van der Waals surface area contributed by atoms with Gasteiger partial charge in [-0.25, -0.2) is 4.79 Å². The van der Waals surface area contributed by atoms with E-state index in [1.165, 1.54) is 0 Å². The summed E-state index contributed by atoms with van der Waals surface area (Å²) in [4.78, 5) is 12.3. The first-order chi connectivity index (χ1) is 13.2. The third-order valence-corrected chi connectivity index (χ3v) is 4.69. The van der Waals surface area contributed by atoms with Crippen molar-refractivity contribution >= 4 is 22.6 Å². The minimum Gasteiger partial charge on any atom is -0.493 e. The number of methoxy groups -OCH3 is 3. The number of hydrogen-bond donors (Lipinski definition) is 1. The van der Waals surface area contributed by atoms with Crippen LogP contribution in [0.15, 0.2) is 48.5 Å². The first kappa shape index (κ1) is 17.0. The molecule has 138 valence electrons. The molecule has 0 unspecified atom stereocenters. The lowest BCUT2D eigenvalue weighted by molar-refractivity contribution is 0.126. The first-order valence-electron chi connectivity index (χ1n) is 8.45. The van der Waals surface area contributed by atoms with Crippen molar-refractivity contribution in [1.29, 1.82) is 0 Å². The van der Waals surface area contributed by atoms with Crippen LogP contribution in [0.5, 0.6) is 17.2 Å². The van der Waals surface area contributed by atoms with Gasteiger partial charge in [-0.05, 0) is 17.5 Å². The number of amides is 1. The molecule has 0 aromatic heterocycles. The van der Waals surface area contributed by atoms with Gasteiger partial charge in [0.25, 0.3) is 0 Å². The Morgan fingerprint density at radius 3 is 2.30 bits per heavy atom. The van der Waals surface area contributed by atoms with Crippen LogP contribution < -0.4 is 19.5 Å². The molecule has 1 amide bonds. The number of rotatable bonds is 4. The van der Waals surface area contributed by atoms with Crippen molar-refractivity contribution in [2.24, 2.45) is 0 Å². The number of ether oxygens (including phenoxy) is 4. The molecule has 1 atom stereocenters. The van der Waals surface area contributed by atoms with Crippen LogP contribution in [0.2, 0.25) is 0 Å². The summed E-state index contributed by atoms with van der Waals surface area (Å²) < 4.78 is 21.9. The molecule has 1 N–H and O–H groups in total. The largest absolute Gasteiger partial charge is 0.493 e. The van der Waals surface area contributed by atoms with E-state index < -0.39 is 12.2 Å². The van der Waals surface area contributed by atoms with Gasteiger partial charge in [0.15, 0.2) is 17.6 Å². The van der Waals surface area contributed by atoms with Crippen molar-refractivity contribution in [2.75, 3.05) is 26.6 Å². The zero-order valence-corrected chi connectivity index (χ0v) is 15.2. The van der Waals surface area contributed by atoms with Crippen LogP contribution in [0.3, 0.4) is 0 Å². The zero-order chi connectivity index (χ0) is 19.0. The van der Waals surface area contributed by atoms with Crippen LogP contribution in [0.25, 0.3) is 10.8 Å².